The number of rotatable bonds is 7. The molecule has 0 saturated carbocycles. The maximum atomic E-state index is 12.6. The Hall–Kier alpha value is -2.07. The first-order valence-electron chi connectivity index (χ1n) is 9.19. The number of nitrogens with one attached hydrogen (secondary N) is 1. The van der Waals surface area contributed by atoms with E-state index in [0.29, 0.717) is 32.7 Å². The summed E-state index contributed by atoms with van der Waals surface area (Å²) < 4.78 is 32.8. The zero-order valence-electron chi connectivity index (χ0n) is 15.8. The molecule has 3 rings (SSSR count). The molecule has 2 aromatic carbocycles. The Labute approximate surface area is 178 Å². The Morgan fingerprint density at radius 2 is 1.76 bits per heavy atom. The highest BCUT2D eigenvalue weighted by atomic mass is 79.9. The van der Waals surface area contributed by atoms with Crippen LogP contribution in [-0.2, 0) is 26.0 Å². The number of amides is 1. The first-order chi connectivity index (χ1) is 13.9. The highest BCUT2D eigenvalue weighted by Crippen LogP contribution is 2.18. The van der Waals surface area contributed by atoms with Crippen LogP contribution in [0.15, 0.2) is 63.0 Å². The van der Waals surface area contributed by atoms with E-state index in [2.05, 4.69) is 26.5 Å². The molecule has 29 heavy (non-hydrogen) atoms. The fourth-order valence-corrected chi connectivity index (χ4v) is 4.48. The summed E-state index contributed by atoms with van der Waals surface area (Å²) in [6.07, 6.45) is 2.33. The van der Waals surface area contributed by atoms with Gasteiger partial charge in [-0.2, -0.15) is 9.41 Å². The van der Waals surface area contributed by atoms with Crippen LogP contribution < -0.4 is 5.43 Å². The van der Waals surface area contributed by atoms with Crippen molar-refractivity contribution in [3.8, 4) is 0 Å². The molecular formula is C20H22BrN3O4S. The van der Waals surface area contributed by atoms with Gasteiger partial charge >= 0.3 is 0 Å². The first kappa shape index (κ1) is 21.6. The molecular weight excluding hydrogens is 458 g/mol. The third kappa shape index (κ3) is 6.20. The molecule has 0 atom stereocenters. The minimum Gasteiger partial charge on any atom is -0.379 e. The summed E-state index contributed by atoms with van der Waals surface area (Å²) in [5.41, 5.74) is 4.27. The molecule has 0 bridgehead atoms. The third-order valence-electron chi connectivity index (χ3n) is 4.44. The average molecular weight is 480 g/mol. The van der Waals surface area contributed by atoms with Gasteiger partial charge in [0.15, 0.2) is 0 Å². The van der Waals surface area contributed by atoms with E-state index in [4.69, 9.17) is 4.74 Å². The molecule has 1 fully saturated rings. The molecule has 0 unspecified atom stereocenters. The normalized spacial score (nSPS) is 15.5. The molecule has 1 amide bonds. The average Bonchev–Trinajstić information content (AvgIpc) is 2.74. The van der Waals surface area contributed by atoms with E-state index in [1.165, 1.54) is 4.31 Å². The number of halogens is 1. The highest BCUT2D eigenvalue weighted by molar-refractivity contribution is 9.10. The van der Waals surface area contributed by atoms with Crippen molar-refractivity contribution in [2.75, 3.05) is 26.3 Å². The molecule has 2 aromatic rings. The molecule has 0 spiro atoms. The van der Waals surface area contributed by atoms with Crippen molar-refractivity contribution in [1.82, 2.24) is 9.73 Å². The van der Waals surface area contributed by atoms with Crippen LogP contribution in [0.5, 0.6) is 0 Å². The number of sulfonamides is 1. The topological polar surface area (TPSA) is 88.1 Å². The minimum absolute atomic E-state index is 0.205. The van der Waals surface area contributed by atoms with Gasteiger partial charge in [-0.05, 0) is 41.8 Å². The Bertz CT molecular complexity index is 954. The SMILES string of the molecule is O=C(CCc1ccc(S(=O)(=O)N2CCOCC2)cc1)N/N=C/c1ccc(Br)cc1. The Balaban J connectivity index is 1.49. The van der Waals surface area contributed by atoms with Gasteiger partial charge in [-0.25, -0.2) is 13.8 Å². The van der Waals surface area contributed by atoms with Gasteiger partial charge in [0.25, 0.3) is 0 Å². The smallest absolute Gasteiger partial charge is 0.243 e. The van der Waals surface area contributed by atoms with Crippen LogP contribution in [0.3, 0.4) is 0 Å². The van der Waals surface area contributed by atoms with E-state index in [0.717, 1.165) is 15.6 Å². The molecule has 1 saturated heterocycles. The summed E-state index contributed by atoms with van der Waals surface area (Å²) in [4.78, 5) is 12.2. The molecule has 0 aromatic heterocycles. The molecule has 1 aliphatic rings. The minimum atomic E-state index is -3.50. The number of morpholine rings is 1. The molecule has 1 aliphatic heterocycles. The number of aryl methyl sites for hydroxylation is 1. The number of ether oxygens (including phenoxy) is 1. The van der Waals surface area contributed by atoms with Crippen LogP contribution in [0.4, 0.5) is 0 Å². The number of carbonyl (C=O) groups is 1. The van der Waals surface area contributed by atoms with Crippen LogP contribution in [0.1, 0.15) is 17.5 Å². The number of carbonyl (C=O) groups excluding carboxylic acids is 1. The predicted octanol–water partition coefficient (Wildman–Crippen LogP) is 2.55. The van der Waals surface area contributed by atoms with Crippen molar-refractivity contribution in [2.24, 2.45) is 5.10 Å². The standard InChI is InChI=1S/C20H22BrN3O4S/c21-18-6-1-17(2-7-18)15-22-23-20(25)10-5-16-3-8-19(9-4-16)29(26,27)24-11-13-28-14-12-24/h1-4,6-9,15H,5,10-14H2,(H,23,25)/b22-15+. The van der Waals surface area contributed by atoms with E-state index in [1.807, 2.05) is 24.3 Å². The monoisotopic (exact) mass is 479 g/mol. The maximum Gasteiger partial charge on any atom is 0.243 e. The maximum absolute atomic E-state index is 12.6. The Morgan fingerprint density at radius 1 is 1.10 bits per heavy atom. The van der Waals surface area contributed by atoms with Gasteiger partial charge in [0.2, 0.25) is 15.9 Å². The van der Waals surface area contributed by atoms with Crippen molar-refractivity contribution in [3.63, 3.8) is 0 Å². The van der Waals surface area contributed by atoms with Crippen molar-refractivity contribution in [2.45, 2.75) is 17.7 Å². The number of hydrogen-bond acceptors (Lipinski definition) is 5. The summed E-state index contributed by atoms with van der Waals surface area (Å²) in [5.74, 6) is -0.205. The van der Waals surface area contributed by atoms with E-state index in [1.54, 1.807) is 30.5 Å². The number of hydrogen-bond donors (Lipinski definition) is 1. The van der Waals surface area contributed by atoms with Gasteiger partial charge in [0.05, 0.1) is 24.3 Å². The van der Waals surface area contributed by atoms with Crippen molar-refractivity contribution >= 4 is 38.1 Å². The van der Waals surface area contributed by atoms with E-state index in [9.17, 15) is 13.2 Å². The fourth-order valence-electron chi connectivity index (χ4n) is 2.81. The third-order valence-corrected chi connectivity index (χ3v) is 6.89. The summed E-state index contributed by atoms with van der Waals surface area (Å²) in [5, 5.41) is 3.95. The summed E-state index contributed by atoms with van der Waals surface area (Å²) in [6, 6.07) is 14.2. The fraction of sp³-hybridized carbons (Fsp3) is 0.300. The zero-order chi connectivity index (χ0) is 20.7. The quantitative estimate of drug-likeness (QED) is 0.488. The van der Waals surface area contributed by atoms with E-state index >= 15 is 0 Å². The van der Waals surface area contributed by atoms with Gasteiger partial charge in [-0.15, -0.1) is 0 Å². The van der Waals surface area contributed by atoms with Crippen LogP contribution in [-0.4, -0.2) is 51.1 Å². The van der Waals surface area contributed by atoms with Gasteiger partial charge in [-0.1, -0.05) is 40.2 Å². The van der Waals surface area contributed by atoms with Crippen molar-refractivity contribution < 1.29 is 17.9 Å². The van der Waals surface area contributed by atoms with E-state index in [-0.39, 0.29) is 17.2 Å². The van der Waals surface area contributed by atoms with Gasteiger partial charge in [0.1, 0.15) is 0 Å². The molecule has 7 nitrogen and oxygen atoms in total. The molecule has 9 heteroatoms. The van der Waals surface area contributed by atoms with Gasteiger partial charge < -0.3 is 4.74 Å². The predicted molar refractivity (Wildman–Crippen MR) is 114 cm³/mol. The molecule has 1 heterocycles. The lowest BCUT2D eigenvalue weighted by Gasteiger charge is -2.26. The number of benzene rings is 2. The van der Waals surface area contributed by atoms with E-state index < -0.39 is 10.0 Å². The highest BCUT2D eigenvalue weighted by Gasteiger charge is 2.26. The Kier molecular flexibility index (Phi) is 7.54. The number of nitrogens with zero attached hydrogens (tertiary/aromatic N) is 2. The van der Waals surface area contributed by atoms with Crippen molar-refractivity contribution in [3.05, 3.63) is 64.1 Å². The summed E-state index contributed by atoms with van der Waals surface area (Å²) >= 11 is 3.36. The zero-order valence-corrected chi connectivity index (χ0v) is 18.2. The van der Waals surface area contributed by atoms with Crippen LogP contribution in [0.2, 0.25) is 0 Å². The summed E-state index contributed by atoms with van der Waals surface area (Å²) in [7, 11) is -3.50. The summed E-state index contributed by atoms with van der Waals surface area (Å²) in [6.45, 7) is 1.56. The second-order valence-electron chi connectivity index (χ2n) is 6.51. The van der Waals surface area contributed by atoms with Gasteiger partial charge in [-0.3, -0.25) is 4.79 Å². The second kappa shape index (κ2) is 10.1. The Morgan fingerprint density at radius 3 is 2.41 bits per heavy atom. The molecule has 154 valence electrons. The van der Waals surface area contributed by atoms with Gasteiger partial charge in [0, 0.05) is 24.0 Å². The molecule has 1 N–H and O–H groups in total. The van der Waals surface area contributed by atoms with Crippen molar-refractivity contribution in [1.29, 1.82) is 0 Å². The van der Waals surface area contributed by atoms with Crippen LogP contribution in [0, 0.1) is 0 Å². The lowest BCUT2D eigenvalue weighted by Crippen LogP contribution is -2.40. The molecule has 0 radical (unpaired) electrons. The van der Waals surface area contributed by atoms with Crippen LogP contribution >= 0.6 is 15.9 Å². The number of hydrazone groups is 1. The lowest BCUT2D eigenvalue weighted by molar-refractivity contribution is -0.121. The van der Waals surface area contributed by atoms with Crippen LogP contribution in [0.25, 0.3) is 0 Å². The lowest BCUT2D eigenvalue weighted by atomic mass is 10.1. The molecule has 0 aliphatic carbocycles. The largest absolute Gasteiger partial charge is 0.379 e. The second-order valence-corrected chi connectivity index (χ2v) is 9.36. The first-order valence-corrected chi connectivity index (χ1v) is 11.4.